The van der Waals surface area contributed by atoms with Crippen molar-refractivity contribution in [3.63, 3.8) is 0 Å². The lowest BCUT2D eigenvalue weighted by Gasteiger charge is -2.21. The molecule has 0 radical (unpaired) electrons. The van der Waals surface area contributed by atoms with E-state index >= 15 is 0 Å². The third-order valence-electron chi connectivity index (χ3n) is 5.65. The molecule has 0 aromatic heterocycles. The second-order valence-corrected chi connectivity index (χ2v) is 7.67. The van der Waals surface area contributed by atoms with E-state index in [1.165, 1.54) is 21.5 Å². The molecule has 29 heavy (non-hydrogen) atoms. The van der Waals surface area contributed by atoms with Crippen molar-refractivity contribution < 1.29 is 10.2 Å². The third kappa shape index (κ3) is 4.33. The molecule has 0 spiro atoms. The van der Waals surface area contributed by atoms with Crippen LogP contribution in [0.1, 0.15) is 36.7 Å². The first-order valence-electron chi connectivity index (χ1n) is 10.2. The summed E-state index contributed by atoms with van der Waals surface area (Å²) >= 11 is 0. The van der Waals surface area contributed by atoms with Crippen molar-refractivity contribution >= 4 is 21.5 Å². The van der Waals surface area contributed by atoms with Gasteiger partial charge in [-0.1, -0.05) is 78.9 Å². The van der Waals surface area contributed by atoms with Gasteiger partial charge in [0.2, 0.25) is 0 Å². The number of benzene rings is 4. The number of rotatable bonds is 7. The Kier molecular flexibility index (Phi) is 5.91. The van der Waals surface area contributed by atoms with Crippen molar-refractivity contribution in [2.24, 2.45) is 0 Å². The van der Waals surface area contributed by atoms with Crippen LogP contribution in [-0.4, -0.2) is 22.8 Å². The van der Waals surface area contributed by atoms with Gasteiger partial charge in [-0.05, 0) is 58.6 Å². The van der Waals surface area contributed by atoms with Gasteiger partial charge in [0.1, 0.15) is 0 Å². The van der Waals surface area contributed by atoms with E-state index in [0.29, 0.717) is 13.0 Å². The van der Waals surface area contributed by atoms with Gasteiger partial charge in [-0.15, -0.1) is 0 Å². The molecule has 0 saturated heterocycles. The Balaban J connectivity index is 1.42. The molecular formula is C26H27NO2. The van der Waals surface area contributed by atoms with E-state index in [9.17, 15) is 10.2 Å². The molecule has 0 bridgehead atoms. The van der Waals surface area contributed by atoms with Crippen LogP contribution in [0.4, 0.5) is 0 Å². The Bertz CT molecular complexity index is 1090. The molecule has 0 amide bonds. The molecule has 3 atom stereocenters. The first-order valence-corrected chi connectivity index (χ1v) is 10.2. The van der Waals surface area contributed by atoms with Crippen molar-refractivity contribution in [2.45, 2.75) is 31.6 Å². The van der Waals surface area contributed by atoms with Crippen molar-refractivity contribution in [3.8, 4) is 0 Å². The molecule has 3 heteroatoms. The predicted octanol–water partition coefficient (Wildman–Crippen LogP) is 5.13. The van der Waals surface area contributed by atoms with Crippen molar-refractivity contribution in [2.75, 3.05) is 6.54 Å². The Labute approximate surface area is 171 Å². The number of hydrogen-bond acceptors (Lipinski definition) is 3. The van der Waals surface area contributed by atoms with Crippen LogP contribution in [-0.2, 0) is 0 Å². The molecule has 3 N–H and O–H groups in total. The number of nitrogens with one attached hydrogen (secondary N) is 1. The Hall–Kier alpha value is -2.72. The molecule has 4 aromatic rings. The fraction of sp³-hybridized carbons (Fsp3) is 0.231. The molecule has 0 aliphatic heterocycles. The zero-order chi connectivity index (χ0) is 20.2. The lowest BCUT2D eigenvalue weighted by Crippen LogP contribution is -2.33. The summed E-state index contributed by atoms with van der Waals surface area (Å²) in [5.74, 6) is 0. The Morgan fingerprint density at radius 1 is 0.724 bits per heavy atom. The summed E-state index contributed by atoms with van der Waals surface area (Å²) in [4.78, 5) is 0. The highest BCUT2D eigenvalue weighted by Gasteiger charge is 2.16. The molecule has 148 valence electrons. The fourth-order valence-electron chi connectivity index (χ4n) is 3.89. The molecule has 0 saturated carbocycles. The second kappa shape index (κ2) is 8.75. The second-order valence-electron chi connectivity index (χ2n) is 7.67. The standard InChI is InChI=1S/C26H27NO2/c1-18(26(29)21-8-3-2-4-9-21)27-16-15-25(28)22-14-13-20-12-11-19-7-5-6-10-23(19)24(20)17-22/h2-14,17-18,25-29H,15-16H2,1H3. The molecule has 4 rings (SSSR count). The number of fused-ring (bicyclic) bond motifs is 3. The molecule has 0 fully saturated rings. The largest absolute Gasteiger partial charge is 0.388 e. The van der Waals surface area contributed by atoms with Gasteiger partial charge in [0.15, 0.2) is 0 Å². The lowest BCUT2D eigenvalue weighted by molar-refractivity contribution is 0.127. The topological polar surface area (TPSA) is 52.5 Å². The zero-order valence-corrected chi connectivity index (χ0v) is 16.6. The Morgan fingerprint density at radius 2 is 1.38 bits per heavy atom. The monoisotopic (exact) mass is 385 g/mol. The van der Waals surface area contributed by atoms with E-state index in [1.807, 2.05) is 55.5 Å². The SMILES string of the molecule is CC(NCCC(O)c1ccc2ccc3ccccc3c2c1)C(O)c1ccccc1. The van der Waals surface area contributed by atoms with E-state index in [2.05, 4.69) is 41.7 Å². The number of aliphatic hydroxyl groups is 2. The highest BCUT2D eigenvalue weighted by atomic mass is 16.3. The maximum absolute atomic E-state index is 10.7. The van der Waals surface area contributed by atoms with Crippen LogP contribution >= 0.6 is 0 Å². The minimum Gasteiger partial charge on any atom is -0.388 e. The fourth-order valence-corrected chi connectivity index (χ4v) is 3.89. The summed E-state index contributed by atoms with van der Waals surface area (Å²) in [6.45, 7) is 2.59. The lowest BCUT2D eigenvalue weighted by atomic mass is 9.97. The maximum atomic E-state index is 10.7. The molecule has 4 aromatic carbocycles. The smallest absolute Gasteiger partial charge is 0.0940 e. The van der Waals surface area contributed by atoms with Crippen molar-refractivity contribution in [3.05, 3.63) is 96.1 Å². The minimum atomic E-state index is -0.569. The van der Waals surface area contributed by atoms with Crippen LogP contribution < -0.4 is 5.32 Å². The van der Waals surface area contributed by atoms with Crippen LogP contribution in [0.5, 0.6) is 0 Å². The van der Waals surface area contributed by atoms with Crippen LogP contribution in [0.3, 0.4) is 0 Å². The first kappa shape index (κ1) is 19.6. The van der Waals surface area contributed by atoms with E-state index < -0.39 is 12.2 Å². The normalized spacial score (nSPS) is 14.7. The number of aliphatic hydroxyl groups excluding tert-OH is 2. The van der Waals surface area contributed by atoms with Gasteiger partial charge in [-0.3, -0.25) is 0 Å². The third-order valence-corrected chi connectivity index (χ3v) is 5.65. The zero-order valence-electron chi connectivity index (χ0n) is 16.6. The molecular weight excluding hydrogens is 358 g/mol. The summed E-state index contributed by atoms with van der Waals surface area (Å²) in [5.41, 5.74) is 1.82. The first-order chi connectivity index (χ1) is 14.1. The van der Waals surface area contributed by atoms with Crippen LogP contribution in [0.15, 0.2) is 84.9 Å². The summed E-state index contributed by atoms with van der Waals surface area (Å²) in [6.07, 6.45) is -0.533. The van der Waals surface area contributed by atoms with E-state index in [1.54, 1.807) is 0 Å². The van der Waals surface area contributed by atoms with Gasteiger partial charge in [0.05, 0.1) is 12.2 Å². The summed E-state index contributed by atoms with van der Waals surface area (Å²) in [5, 5.41) is 29.3. The van der Waals surface area contributed by atoms with E-state index in [0.717, 1.165) is 11.1 Å². The molecule has 3 unspecified atom stereocenters. The highest BCUT2D eigenvalue weighted by Crippen LogP contribution is 2.28. The van der Waals surface area contributed by atoms with E-state index in [-0.39, 0.29) is 6.04 Å². The van der Waals surface area contributed by atoms with E-state index in [4.69, 9.17) is 0 Å². The van der Waals surface area contributed by atoms with Crippen LogP contribution in [0.25, 0.3) is 21.5 Å². The average molecular weight is 386 g/mol. The number of hydrogen-bond donors (Lipinski definition) is 3. The Morgan fingerprint density at radius 3 is 2.17 bits per heavy atom. The minimum absolute atomic E-state index is 0.0925. The van der Waals surface area contributed by atoms with Crippen molar-refractivity contribution in [1.29, 1.82) is 0 Å². The summed E-state index contributed by atoms with van der Waals surface area (Å²) in [6, 6.07) is 28.3. The van der Waals surface area contributed by atoms with Crippen LogP contribution in [0.2, 0.25) is 0 Å². The molecule has 0 aliphatic rings. The van der Waals surface area contributed by atoms with Gasteiger partial charge < -0.3 is 15.5 Å². The summed E-state index contributed by atoms with van der Waals surface area (Å²) in [7, 11) is 0. The maximum Gasteiger partial charge on any atom is 0.0940 e. The van der Waals surface area contributed by atoms with Crippen molar-refractivity contribution in [1.82, 2.24) is 5.32 Å². The van der Waals surface area contributed by atoms with Gasteiger partial charge in [-0.2, -0.15) is 0 Å². The van der Waals surface area contributed by atoms with Gasteiger partial charge in [0, 0.05) is 6.04 Å². The summed E-state index contributed by atoms with van der Waals surface area (Å²) < 4.78 is 0. The van der Waals surface area contributed by atoms with Gasteiger partial charge in [-0.25, -0.2) is 0 Å². The quantitative estimate of drug-likeness (QED) is 0.387. The van der Waals surface area contributed by atoms with Gasteiger partial charge >= 0.3 is 0 Å². The molecule has 0 aliphatic carbocycles. The molecule has 3 nitrogen and oxygen atoms in total. The molecule has 0 heterocycles. The predicted molar refractivity (Wildman–Crippen MR) is 120 cm³/mol. The van der Waals surface area contributed by atoms with Gasteiger partial charge in [0.25, 0.3) is 0 Å². The van der Waals surface area contributed by atoms with Crippen LogP contribution in [0, 0.1) is 0 Å². The highest BCUT2D eigenvalue weighted by molar-refractivity contribution is 6.07. The average Bonchev–Trinajstić information content (AvgIpc) is 2.78.